The van der Waals surface area contributed by atoms with Crippen LogP contribution in [0, 0.1) is 0 Å². The van der Waals surface area contributed by atoms with Gasteiger partial charge in [0, 0.05) is 25.2 Å². The van der Waals surface area contributed by atoms with E-state index in [2.05, 4.69) is 4.90 Å². The van der Waals surface area contributed by atoms with Crippen LogP contribution in [0.1, 0.15) is 40.7 Å². The molecule has 0 spiro atoms. The van der Waals surface area contributed by atoms with E-state index < -0.39 is 11.7 Å². The number of alkyl halides is 3. The molecule has 31 heavy (non-hydrogen) atoms. The van der Waals surface area contributed by atoms with E-state index in [1.807, 2.05) is 0 Å². The van der Waals surface area contributed by atoms with Gasteiger partial charge in [-0.15, -0.1) is 0 Å². The predicted molar refractivity (Wildman–Crippen MR) is 109 cm³/mol. The van der Waals surface area contributed by atoms with Gasteiger partial charge in [0.15, 0.2) is 11.5 Å². The molecule has 0 bridgehead atoms. The summed E-state index contributed by atoms with van der Waals surface area (Å²) in [4.78, 5) is 17.3. The molecule has 0 aromatic heterocycles. The minimum absolute atomic E-state index is 0.122. The molecule has 2 aliphatic rings. The number of carbonyl (C=O) groups is 1. The second kappa shape index (κ2) is 9.18. The van der Waals surface area contributed by atoms with Gasteiger partial charge in [-0.1, -0.05) is 18.6 Å². The van der Waals surface area contributed by atoms with E-state index in [1.54, 1.807) is 23.1 Å². The monoisotopic (exact) mass is 434 g/mol. The summed E-state index contributed by atoms with van der Waals surface area (Å²) < 4.78 is 49.3. The van der Waals surface area contributed by atoms with Crippen LogP contribution in [0.15, 0.2) is 42.5 Å². The van der Waals surface area contributed by atoms with Crippen molar-refractivity contribution in [2.75, 3.05) is 33.0 Å². The predicted octanol–water partition coefficient (Wildman–Crippen LogP) is 4.56. The summed E-state index contributed by atoms with van der Waals surface area (Å²) >= 11 is 0. The zero-order valence-electron chi connectivity index (χ0n) is 17.2. The van der Waals surface area contributed by atoms with Crippen LogP contribution in [0.4, 0.5) is 13.2 Å². The topological polar surface area (TPSA) is 42.0 Å². The van der Waals surface area contributed by atoms with E-state index in [-0.39, 0.29) is 19.2 Å². The van der Waals surface area contributed by atoms with Gasteiger partial charge < -0.3 is 19.3 Å². The Bertz CT molecular complexity index is 909. The zero-order valence-corrected chi connectivity index (χ0v) is 17.2. The van der Waals surface area contributed by atoms with E-state index in [1.165, 1.54) is 18.6 Å². The number of hydrogen-bond acceptors (Lipinski definition) is 4. The highest BCUT2D eigenvalue weighted by Gasteiger charge is 2.30. The van der Waals surface area contributed by atoms with Gasteiger partial charge in [0.2, 0.25) is 6.79 Å². The Morgan fingerprint density at radius 1 is 0.968 bits per heavy atom. The van der Waals surface area contributed by atoms with Crippen LogP contribution in [0.25, 0.3) is 0 Å². The third-order valence-corrected chi connectivity index (χ3v) is 5.70. The fourth-order valence-corrected chi connectivity index (χ4v) is 3.93. The van der Waals surface area contributed by atoms with E-state index in [9.17, 15) is 18.0 Å². The largest absolute Gasteiger partial charge is 0.454 e. The third-order valence-electron chi connectivity index (χ3n) is 5.70. The SMILES string of the molecule is O=C(c1ccc2c(c1)OCO2)N(CCN1CCCCC1)Cc1ccc(C(F)(F)F)cc1. The molecule has 4 rings (SSSR count). The van der Waals surface area contributed by atoms with Crippen molar-refractivity contribution in [1.29, 1.82) is 0 Å². The number of halogens is 3. The van der Waals surface area contributed by atoms with Crippen LogP contribution >= 0.6 is 0 Å². The molecule has 0 aliphatic carbocycles. The second-order valence-electron chi connectivity index (χ2n) is 7.89. The van der Waals surface area contributed by atoms with Gasteiger partial charge >= 0.3 is 6.18 Å². The number of piperidine rings is 1. The summed E-state index contributed by atoms with van der Waals surface area (Å²) in [7, 11) is 0. The molecule has 2 aliphatic heterocycles. The molecule has 0 radical (unpaired) electrons. The molecule has 8 heteroatoms. The summed E-state index contributed by atoms with van der Waals surface area (Å²) in [5.74, 6) is 0.936. The molecule has 2 aromatic carbocycles. The van der Waals surface area contributed by atoms with E-state index in [0.29, 0.717) is 29.2 Å². The summed E-state index contributed by atoms with van der Waals surface area (Å²) in [6.07, 6.45) is -0.860. The van der Waals surface area contributed by atoms with Crippen molar-refractivity contribution in [2.24, 2.45) is 0 Å². The lowest BCUT2D eigenvalue weighted by molar-refractivity contribution is -0.137. The van der Waals surface area contributed by atoms with Gasteiger partial charge in [0.1, 0.15) is 0 Å². The van der Waals surface area contributed by atoms with Gasteiger partial charge in [0.05, 0.1) is 5.56 Å². The molecule has 0 saturated carbocycles. The van der Waals surface area contributed by atoms with Crippen LogP contribution in [0.5, 0.6) is 11.5 Å². The van der Waals surface area contributed by atoms with Gasteiger partial charge in [-0.2, -0.15) is 13.2 Å². The number of carbonyl (C=O) groups excluding carboxylic acids is 1. The molecule has 0 N–H and O–H groups in total. The first-order chi connectivity index (χ1) is 14.9. The van der Waals surface area contributed by atoms with E-state index >= 15 is 0 Å². The lowest BCUT2D eigenvalue weighted by Crippen LogP contribution is -2.40. The summed E-state index contributed by atoms with van der Waals surface area (Å²) in [5, 5.41) is 0. The van der Waals surface area contributed by atoms with E-state index in [0.717, 1.165) is 44.6 Å². The van der Waals surface area contributed by atoms with Crippen LogP contribution in [0.2, 0.25) is 0 Å². The van der Waals surface area contributed by atoms with Crippen LogP contribution in [-0.4, -0.2) is 48.7 Å². The lowest BCUT2D eigenvalue weighted by Gasteiger charge is -2.30. The summed E-state index contributed by atoms with van der Waals surface area (Å²) in [6, 6.07) is 10.0. The Hall–Kier alpha value is -2.74. The summed E-state index contributed by atoms with van der Waals surface area (Å²) in [5.41, 5.74) is 0.425. The maximum Gasteiger partial charge on any atom is 0.416 e. The fraction of sp³-hybridized carbons (Fsp3) is 0.435. The number of hydrogen-bond donors (Lipinski definition) is 0. The van der Waals surface area contributed by atoms with Gasteiger partial charge in [-0.25, -0.2) is 0 Å². The van der Waals surface area contributed by atoms with Crippen LogP contribution in [-0.2, 0) is 12.7 Å². The molecule has 1 amide bonds. The standard InChI is InChI=1S/C23H25F3N2O3/c24-23(25,26)19-7-4-17(5-8-19)15-28(13-12-27-10-2-1-3-11-27)22(29)18-6-9-20-21(14-18)31-16-30-20/h4-9,14H,1-3,10-13,15-16H2. The normalized spacial score (nSPS) is 16.4. The number of nitrogens with zero attached hydrogens (tertiary/aromatic N) is 2. The number of ether oxygens (including phenoxy) is 2. The molecule has 2 heterocycles. The first-order valence-corrected chi connectivity index (χ1v) is 10.5. The number of rotatable bonds is 6. The highest BCUT2D eigenvalue weighted by molar-refractivity contribution is 5.95. The quantitative estimate of drug-likeness (QED) is 0.669. The summed E-state index contributed by atoms with van der Waals surface area (Å²) in [6.45, 7) is 3.60. The lowest BCUT2D eigenvalue weighted by atomic mass is 10.1. The van der Waals surface area contributed by atoms with Gasteiger partial charge in [0.25, 0.3) is 5.91 Å². The molecule has 0 atom stereocenters. The Morgan fingerprint density at radius 2 is 1.68 bits per heavy atom. The van der Waals surface area contributed by atoms with Crippen molar-refractivity contribution in [3.63, 3.8) is 0 Å². The van der Waals surface area contributed by atoms with Gasteiger partial charge in [-0.05, 0) is 61.8 Å². The molecule has 1 saturated heterocycles. The number of benzene rings is 2. The minimum Gasteiger partial charge on any atom is -0.454 e. The highest BCUT2D eigenvalue weighted by Crippen LogP contribution is 2.33. The van der Waals surface area contributed by atoms with Crippen molar-refractivity contribution < 1.29 is 27.4 Å². The number of fused-ring (bicyclic) bond motifs is 1. The maximum atomic E-state index is 13.3. The smallest absolute Gasteiger partial charge is 0.416 e. The van der Waals surface area contributed by atoms with Crippen LogP contribution < -0.4 is 9.47 Å². The Kier molecular flexibility index (Phi) is 6.36. The fourth-order valence-electron chi connectivity index (χ4n) is 3.93. The maximum absolute atomic E-state index is 13.3. The average Bonchev–Trinajstić information content (AvgIpc) is 3.24. The third kappa shape index (κ3) is 5.31. The second-order valence-corrected chi connectivity index (χ2v) is 7.89. The Morgan fingerprint density at radius 3 is 2.39 bits per heavy atom. The first-order valence-electron chi connectivity index (χ1n) is 10.5. The molecule has 0 unspecified atom stereocenters. The Balaban J connectivity index is 1.51. The minimum atomic E-state index is -4.38. The van der Waals surface area contributed by atoms with Crippen molar-refractivity contribution in [1.82, 2.24) is 9.80 Å². The molecule has 5 nitrogen and oxygen atoms in total. The molecular weight excluding hydrogens is 409 g/mol. The van der Waals surface area contributed by atoms with Crippen molar-refractivity contribution in [3.05, 3.63) is 59.2 Å². The number of likely N-dealkylation sites (tertiary alicyclic amines) is 1. The van der Waals surface area contributed by atoms with Crippen molar-refractivity contribution in [3.8, 4) is 11.5 Å². The molecule has 1 fully saturated rings. The molecule has 166 valence electrons. The van der Waals surface area contributed by atoms with E-state index in [4.69, 9.17) is 9.47 Å². The van der Waals surface area contributed by atoms with Crippen molar-refractivity contribution >= 4 is 5.91 Å². The average molecular weight is 434 g/mol. The van der Waals surface area contributed by atoms with Crippen molar-refractivity contribution in [2.45, 2.75) is 32.0 Å². The molecule has 2 aromatic rings. The van der Waals surface area contributed by atoms with Gasteiger partial charge in [-0.3, -0.25) is 4.79 Å². The zero-order chi connectivity index (χ0) is 21.8. The van der Waals surface area contributed by atoms with Crippen LogP contribution in [0.3, 0.4) is 0 Å². The number of amides is 1. The molecular formula is C23H25F3N2O3. The first kappa shape index (κ1) is 21.5. The Labute approximate surface area is 179 Å². The highest BCUT2D eigenvalue weighted by atomic mass is 19.4.